The minimum Gasteiger partial charge on any atom is -0.464 e. The maximum atomic E-state index is 12.7. The number of nitrogens with zero attached hydrogens (tertiary/aromatic N) is 2. The molecule has 0 atom stereocenters. The summed E-state index contributed by atoms with van der Waals surface area (Å²) in [7, 11) is 0. The second-order valence-electron chi connectivity index (χ2n) is 4.87. The minimum atomic E-state index is -0.119. The zero-order chi connectivity index (χ0) is 15.0. The highest BCUT2D eigenvalue weighted by atomic mass is 32.1. The van der Waals surface area contributed by atoms with Gasteiger partial charge in [0.15, 0.2) is 0 Å². The quantitative estimate of drug-likeness (QED) is 0.743. The van der Waals surface area contributed by atoms with Crippen LogP contribution in [0.25, 0.3) is 21.5 Å². The lowest BCUT2D eigenvalue weighted by Crippen LogP contribution is -2.24. The third kappa shape index (κ3) is 2.42. The number of carbonyl (C=O) groups is 1. The van der Waals surface area contributed by atoms with Gasteiger partial charge >= 0.3 is 0 Å². The smallest absolute Gasteiger partial charge is 0.263 e. The monoisotopic (exact) mass is 302 g/mol. The fourth-order valence-corrected chi connectivity index (χ4v) is 3.24. The molecule has 0 aliphatic carbocycles. The first kappa shape index (κ1) is 13.8. The Bertz CT molecular complexity index is 859. The number of thiophene rings is 1. The molecule has 0 unspecified atom stereocenters. The number of Topliss-reactive ketones (excluding diaryl/α,β-unsaturated/α-hetero) is 1. The predicted octanol–water partition coefficient (Wildman–Crippen LogP) is 3.01. The van der Waals surface area contributed by atoms with Crippen molar-refractivity contribution in [1.82, 2.24) is 9.55 Å². The highest BCUT2D eigenvalue weighted by Gasteiger charge is 2.16. The highest BCUT2D eigenvalue weighted by Crippen LogP contribution is 2.31. The van der Waals surface area contributed by atoms with Gasteiger partial charge in [-0.15, -0.1) is 11.3 Å². The van der Waals surface area contributed by atoms with E-state index >= 15 is 0 Å². The van der Waals surface area contributed by atoms with E-state index in [1.807, 2.05) is 11.4 Å². The van der Waals surface area contributed by atoms with E-state index in [0.717, 1.165) is 5.56 Å². The van der Waals surface area contributed by atoms with Crippen LogP contribution in [0.15, 0.2) is 33.0 Å². The molecule has 0 fully saturated rings. The second-order valence-corrected chi connectivity index (χ2v) is 5.73. The van der Waals surface area contributed by atoms with Gasteiger partial charge in [0.1, 0.15) is 22.2 Å². The first-order valence-corrected chi connectivity index (χ1v) is 7.48. The van der Waals surface area contributed by atoms with Crippen molar-refractivity contribution in [2.75, 3.05) is 0 Å². The molecule has 3 rings (SSSR count). The maximum absolute atomic E-state index is 12.7. The molecule has 108 valence electrons. The van der Waals surface area contributed by atoms with Gasteiger partial charge in [-0.05, 0) is 26.0 Å². The highest BCUT2D eigenvalue weighted by molar-refractivity contribution is 7.17. The Balaban J connectivity index is 2.20. The SMILES string of the molecule is CC(=O)CCn1c(C)nc2scc(-c3ccco3)c2c1=O. The molecule has 0 saturated heterocycles. The molecular formula is C15H14N2O3S. The van der Waals surface area contributed by atoms with Crippen LogP contribution < -0.4 is 5.56 Å². The van der Waals surface area contributed by atoms with Crippen molar-refractivity contribution < 1.29 is 9.21 Å². The number of furan rings is 1. The number of hydrogen-bond acceptors (Lipinski definition) is 5. The molecule has 0 aromatic carbocycles. The molecule has 0 saturated carbocycles. The van der Waals surface area contributed by atoms with E-state index in [1.165, 1.54) is 18.3 Å². The molecule has 3 aromatic heterocycles. The number of fused-ring (bicyclic) bond motifs is 1. The Morgan fingerprint density at radius 3 is 2.95 bits per heavy atom. The van der Waals surface area contributed by atoms with E-state index in [4.69, 9.17) is 4.42 Å². The molecule has 0 aliphatic rings. The van der Waals surface area contributed by atoms with Crippen LogP contribution in [-0.2, 0) is 11.3 Å². The molecule has 0 bridgehead atoms. The van der Waals surface area contributed by atoms with E-state index in [2.05, 4.69) is 4.98 Å². The minimum absolute atomic E-state index is 0.0537. The summed E-state index contributed by atoms with van der Waals surface area (Å²) in [5.74, 6) is 1.33. The van der Waals surface area contributed by atoms with Crippen molar-refractivity contribution in [3.63, 3.8) is 0 Å². The first-order valence-electron chi connectivity index (χ1n) is 6.60. The van der Waals surface area contributed by atoms with Crippen LogP contribution in [-0.4, -0.2) is 15.3 Å². The third-order valence-electron chi connectivity index (χ3n) is 3.36. The lowest BCUT2D eigenvalue weighted by Gasteiger charge is -2.08. The number of carbonyl (C=O) groups excluding carboxylic acids is 1. The van der Waals surface area contributed by atoms with Crippen molar-refractivity contribution in [3.05, 3.63) is 40.0 Å². The Hall–Kier alpha value is -2.21. The lowest BCUT2D eigenvalue weighted by atomic mass is 10.2. The molecule has 3 aromatic rings. The average Bonchev–Trinajstić information content (AvgIpc) is 3.05. The van der Waals surface area contributed by atoms with Gasteiger partial charge in [-0.2, -0.15) is 0 Å². The van der Waals surface area contributed by atoms with Crippen LogP contribution in [0.3, 0.4) is 0 Å². The van der Waals surface area contributed by atoms with Crippen molar-refractivity contribution in [1.29, 1.82) is 0 Å². The van der Waals surface area contributed by atoms with Crippen molar-refractivity contribution in [2.45, 2.75) is 26.8 Å². The van der Waals surface area contributed by atoms with Crippen LogP contribution in [0.5, 0.6) is 0 Å². The van der Waals surface area contributed by atoms with E-state index in [1.54, 1.807) is 23.8 Å². The summed E-state index contributed by atoms with van der Waals surface area (Å²) in [5, 5.41) is 2.44. The van der Waals surface area contributed by atoms with Gasteiger partial charge in [0, 0.05) is 23.9 Å². The Kier molecular flexibility index (Phi) is 3.47. The van der Waals surface area contributed by atoms with Gasteiger partial charge in [-0.25, -0.2) is 4.98 Å². The van der Waals surface area contributed by atoms with Gasteiger partial charge in [0.2, 0.25) is 0 Å². The van der Waals surface area contributed by atoms with Crippen LogP contribution in [0.1, 0.15) is 19.2 Å². The van der Waals surface area contributed by atoms with E-state index in [-0.39, 0.29) is 11.3 Å². The summed E-state index contributed by atoms with van der Waals surface area (Å²) >= 11 is 1.42. The molecule has 21 heavy (non-hydrogen) atoms. The summed E-state index contributed by atoms with van der Waals surface area (Å²) in [4.78, 5) is 29.0. The Morgan fingerprint density at radius 2 is 2.29 bits per heavy atom. The normalized spacial score (nSPS) is 11.1. The maximum Gasteiger partial charge on any atom is 0.263 e. The van der Waals surface area contributed by atoms with E-state index < -0.39 is 0 Å². The van der Waals surface area contributed by atoms with Gasteiger partial charge in [0.25, 0.3) is 5.56 Å². The van der Waals surface area contributed by atoms with Crippen molar-refractivity contribution in [3.8, 4) is 11.3 Å². The fraction of sp³-hybridized carbons (Fsp3) is 0.267. The molecule has 5 nitrogen and oxygen atoms in total. The van der Waals surface area contributed by atoms with Gasteiger partial charge in [-0.1, -0.05) is 0 Å². The summed E-state index contributed by atoms with van der Waals surface area (Å²) in [6, 6.07) is 3.61. The molecule has 0 spiro atoms. The number of hydrogen-bond donors (Lipinski definition) is 0. The molecule has 0 radical (unpaired) electrons. The summed E-state index contributed by atoms with van der Waals surface area (Å²) in [6.45, 7) is 3.66. The van der Waals surface area contributed by atoms with Gasteiger partial charge in [0.05, 0.1) is 11.6 Å². The van der Waals surface area contributed by atoms with Crippen LogP contribution in [0.2, 0.25) is 0 Å². The molecule has 0 amide bonds. The third-order valence-corrected chi connectivity index (χ3v) is 4.23. The topological polar surface area (TPSA) is 65.1 Å². The first-order chi connectivity index (χ1) is 10.1. The number of aromatic nitrogens is 2. The van der Waals surface area contributed by atoms with E-state index in [0.29, 0.717) is 34.8 Å². The zero-order valence-electron chi connectivity index (χ0n) is 11.8. The Labute approximate surface area is 124 Å². The predicted molar refractivity (Wildman–Crippen MR) is 81.6 cm³/mol. The number of rotatable bonds is 4. The standard InChI is InChI=1S/C15H14N2O3S/c1-9(18)5-6-17-10(2)16-14-13(15(17)19)11(8-21-14)12-4-3-7-20-12/h3-4,7-8H,5-6H2,1-2H3. The summed E-state index contributed by atoms with van der Waals surface area (Å²) in [6.07, 6.45) is 1.91. The van der Waals surface area contributed by atoms with Crippen molar-refractivity contribution >= 4 is 27.3 Å². The van der Waals surface area contributed by atoms with Crippen LogP contribution in [0, 0.1) is 6.92 Å². The van der Waals surface area contributed by atoms with Gasteiger partial charge in [-0.3, -0.25) is 14.2 Å². The average molecular weight is 302 g/mol. The molecule has 3 heterocycles. The molecule has 6 heteroatoms. The van der Waals surface area contributed by atoms with Crippen LogP contribution in [0.4, 0.5) is 0 Å². The lowest BCUT2D eigenvalue weighted by molar-refractivity contribution is -0.117. The van der Waals surface area contributed by atoms with Crippen molar-refractivity contribution in [2.24, 2.45) is 0 Å². The number of ketones is 1. The molecule has 0 aliphatic heterocycles. The Morgan fingerprint density at radius 1 is 1.48 bits per heavy atom. The van der Waals surface area contributed by atoms with E-state index in [9.17, 15) is 9.59 Å². The molecule has 0 N–H and O–H groups in total. The van der Waals surface area contributed by atoms with Gasteiger partial charge < -0.3 is 4.42 Å². The molecular weight excluding hydrogens is 288 g/mol. The number of aryl methyl sites for hydroxylation is 1. The summed E-state index contributed by atoms with van der Waals surface area (Å²) < 4.78 is 6.94. The largest absolute Gasteiger partial charge is 0.464 e. The fourth-order valence-electron chi connectivity index (χ4n) is 2.27. The summed E-state index contributed by atoms with van der Waals surface area (Å²) in [5.41, 5.74) is 0.639. The van der Waals surface area contributed by atoms with Crippen LogP contribution >= 0.6 is 11.3 Å². The second kappa shape index (κ2) is 5.29. The zero-order valence-corrected chi connectivity index (χ0v) is 12.6.